The number of amides is 4. The first-order valence-electron chi connectivity index (χ1n) is 3.72. The van der Waals surface area contributed by atoms with Crippen molar-refractivity contribution in [1.29, 1.82) is 0 Å². The Bertz CT molecular complexity index is 436. The number of urea groups is 1. The first-order chi connectivity index (χ1) is 6.59. The van der Waals surface area contributed by atoms with Crippen LogP contribution in [-0.2, 0) is 9.59 Å². The van der Waals surface area contributed by atoms with Crippen LogP contribution >= 0.6 is 0 Å². The van der Waals surface area contributed by atoms with Crippen LogP contribution in [-0.4, -0.2) is 23.0 Å². The number of aryl methyl sites for hydroxylation is 1. The van der Waals surface area contributed by atoms with Crippen molar-refractivity contribution < 1.29 is 18.9 Å². The lowest BCUT2D eigenvalue weighted by Crippen LogP contribution is -2.30. The highest BCUT2D eigenvalue weighted by atomic mass is 16.5. The number of carbonyl (C=O) groups excluding carboxylic acids is 3. The van der Waals surface area contributed by atoms with Crippen LogP contribution in [0.15, 0.2) is 10.6 Å². The molecule has 72 valence electrons. The fourth-order valence-electron chi connectivity index (χ4n) is 1.07. The lowest BCUT2D eigenvalue weighted by atomic mass is 10.4. The molecule has 2 heterocycles. The molecular weight excluding hydrogens is 190 g/mol. The predicted octanol–water partition coefficient (Wildman–Crippen LogP) is -0.434. The van der Waals surface area contributed by atoms with Crippen LogP contribution in [0.3, 0.4) is 0 Å². The SMILES string of the molecule is Cc1cc(N2C(=O)NC(=O)C2=O)no1. The average Bonchev–Trinajstić information content (AvgIpc) is 2.60. The Labute approximate surface area is 77.6 Å². The van der Waals surface area contributed by atoms with Gasteiger partial charge in [0.2, 0.25) is 0 Å². The molecule has 0 bridgehead atoms. The second-order valence-corrected chi connectivity index (χ2v) is 2.70. The molecule has 1 aliphatic rings. The van der Waals surface area contributed by atoms with Gasteiger partial charge < -0.3 is 4.52 Å². The number of nitrogens with zero attached hydrogens (tertiary/aromatic N) is 2. The van der Waals surface area contributed by atoms with Crippen molar-refractivity contribution in [2.24, 2.45) is 0 Å². The summed E-state index contributed by atoms with van der Waals surface area (Å²) in [7, 11) is 0. The van der Waals surface area contributed by atoms with Gasteiger partial charge in [-0.15, -0.1) is 0 Å². The zero-order valence-corrected chi connectivity index (χ0v) is 7.10. The molecule has 2 rings (SSSR count). The molecule has 0 atom stereocenters. The number of anilines is 1. The first-order valence-corrected chi connectivity index (χ1v) is 3.72. The standard InChI is InChI=1S/C7H5N3O4/c1-3-2-4(9-14-3)10-6(12)5(11)8-7(10)13/h2H,1H3,(H,8,11,13). The van der Waals surface area contributed by atoms with Crippen molar-refractivity contribution in [2.45, 2.75) is 6.92 Å². The van der Waals surface area contributed by atoms with E-state index in [0.717, 1.165) is 0 Å². The number of hydrogen-bond acceptors (Lipinski definition) is 5. The quantitative estimate of drug-likeness (QED) is 0.484. The Kier molecular flexibility index (Phi) is 1.60. The van der Waals surface area contributed by atoms with Crippen molar-refractivity contribution in [1.82, 2.24) is 10.5 Å². The van der Waals surface area contributed by atoms with Gasteiger partial charge in [-0.05, 0) is 6.92 Å². The molecule has 14 heavy (non-hydrogen) atoms. The summed E-state index contributed by atoms with van der Waals surface area (Å²) >= 11 is 0. The minimum Gasteiger partial charge on any atom is -0.360 e. The fourth-order valence-corrected chi connectivity index (χ4v) is 1.07. The van der Waals surface area contributed by atoms with Crippen molar-refractivity contribution >= 4 is 23.7 Å². The summed E-state index contributed by atoms with van der Waals surface area (Å²) in [5.41, 5.74) is 0. The van der Waals surface area contributed by atoms with Gasteiger partial charge in [0.25, 0.3) is 0 Å². The van der Waals surface area contributed by atoms with Crippen LogP contribution in [0.2, 0.25) is 0 Å². The third-order valence-electron chi connectivity index (χ3n) is 1.67. The molecule has 1 N–H and O–H groups in total. The Morgan fingerprint density at radius 1 is 1.43 bits per heavy atom. The van der Waals surface area contributed by atoms with Gasteiger partial charge in [-0.1, -0.05) is 5.16 Å². The summed E-state index contributed by atoms with van der Waals surface area (Å²) in [6.07, 6.45) is 0. The van der Waals surface area contributed by atoms with E-state index in [1.807, 2.05) is 5.32 Å². The van der Waals surface area contributed by atoms with E-state index in [0.29, 0.717) is 10.7 Å². The first kappa shape index (κ1) is 8.42. The largest absolute Gasteiger partial charge is 0.360 e. The average molecular weight is 195 g/mol. The van der Waals surface area contributed by atoms with Crippen molar-refractivity contribution in [3.05, 3.63) is 11.8 Å². The second-order valence-electron chi connectivity index (χ2n) is 2.70. The highest BCUT2D eigenvalue weighted by Crippen LogP contribution is 2.16. The number of carbonyl (C=O) groups is 3. The fraction of sp³-hybridized carbons (Fsp3) is 0.143. The molecule has 4 amide bonds. The van der Waals surface area contributed by atoms with Crippen LogP contribution in [0, 0.1) is 6.92 Å². The lowest BCUT2D eigenvalue weighted by molar-refractivity contribution is -0.134. The summed E-state index contributed by atoms with van der Waals surface area (Å²) in [4.78, 5) is 33.7. The van der Waals surface area contributed by atoms with Gasteiger partial charge in [0.1, 0.15) is 5.76 Å². The van der Waals surface area contributed by atoms with Gasteiger partial charge in [0.15, 0.2) is 5.82 Å². The van der Waals surface area contributed by atoms with E-state index in [9.17, 15) is 14.4 Å². The zero-order valence-electron chi connectivity index (χ0n) is 7.10. The van der Waals surface area contributed by atoms with E-state index in [-0.39, 0.29) is 5.82 Å². The summed E-state index contributed by atoms with van der Waals surface area (Å²) in [5.74, 6) is -1.46. The van der Waals surface area contributed by atoms with Crippen LogP contribution in [0.4, 0.5) is 10.6 Å². The molecule has 1 aromatic rings. The Balaban J connectivity index is 2.40. The smallest absolute Gasteiger partial charge is 0.337 e. The van der Waals surface area contributed by atoms with Crippen molar-refractivity contribution in [3.8, 4) is 0 Å². The maximum absolute atomic E-state index is 11.1. The Hall–Kier alpha value is -2.18. The highest BCUT2D eigenvalue weighted by Gasteiger charge is 2.39. The molecular formula is C7H5N3O4. The minimum absolute atomic E-state index is 0.0100. The molecule has 7 nitrogen and oxygen atoms in total. The Morgan fingerprint density at radius 3 is 2.57 bits per heavy atom. The molecule has 0 aromatic carbocycles. The van der Waals surface area contributed by atoms with E-state index >= 15 is 0 Å². The van der Waals surface area contributed by atoms with E-state index in [1.165, 1.54) is 6.07 Å². The molecule has 0 saturated carbocycles. The maximum atomic E-state index is 11.1. The minimum atomic E-state index is -0.962. The maximum Gasteiger partial charge on any atom is 0.337 e. The summed E-state index contributed by atoms with van der Waals surface area (Å²) in [6.45, 7) is 1.61. The van der Waals surface area contributed by atoms with Crippen molar-refractivity contribution in [2.75, 3.05) is 4.90 Å². The van der Waals surface area contributed by atoms with Crippen LogP contribution < -0.4 is 10.2 Å². The van der Waals surface area contributed by atoms with Crippen LogP contribution in [0.25, 0.3) is 0 Å². The summed E-state index contributed by atoms with van der Waals surface area (Å²) < 4.78 is 4.67. The summed E-state index contributed by atoms with van der Waals surface area (Å²) in [6, 6.07) is 0.573. The number of hydrogen-bond donors (Lipinski definition) is 1. The number of imide groups is 2. The van der Waals surface area contributed by atoms with Gasteiger partial charge in [-0.2, -0.15) is 0 Å². The summed E-state index contributed by atoms with van der Waals surface area (Å²) in [5, 5.41) is 5.29. The van der Waals surface area contributed by atoms with Gasteiger partial charge in [0.05, 0.1) is 0 Å². The third kappa shape index (κ3) is 1.06. The molecule has 7 heteroatoms. The molecule has 1 aliphatic heterocycles. The normalized spacial score (nSPS) is 16.4. The molecule has 0 spiro atoms. The van der Waals surface area contributed by atoms with Crippen LogP contribution in [0.5, 0.6) is 0 Å². The predicted molar refractivity (Wildman–Crippen MR) is 42.3 cm³/mol. The molecule has 0 radical (unpaired) electrons. The number of nitrogens with one attached hydrogen (secondary N) is 1. The molecule has 1 aromatic heterocycles. The molecule has 0 unspecified atom stereocenters. The lowest BCUT2D eigenvalue weighted by Gasteiger charge is -2.04. The van der Waals surface area contributed by atoms with E-state index < -0.39 is 17.8 Å². The highest BCUT2D eigenvalue weighted by molar-refractivity contribution is 6.52. The van der Waals surface area contributed by atoms with E-state index in [4.69, 9.17) is 0 Å². The van der Waals surface area contributed by atoms with Gasteiger partial charge in [-0.3, -0.25) is 14.9 Å². The second kappa shape index (κ2) is 2.66. The number of aromatic nitrogens is 1. The van der Waals surface area contributed by atoms with Crippen LogP contribution in [0.1, 0.15) is 5.76 Å². The third-order valence-corrected chi connectivity index (χ3v) is 1.67. The zero-order chi connectivity index (χ0) is 10.3. The van der Waals surface area contributed by atoms with Crippen molar-refractivity contribution in [3.63, 3.8) is 0 Å². The topological polar surface area (TPSA) is 92.5 Å². The molecule has 1 fully saturated rings. The number of rotatable bonds is 1. The monoisotopic (exact) mass is 195 g/mol. The van der Waals surface area contributed by atoms with Gasteiger partial charge in [-0.25, -0.2) is 9.69 Å². The van der Waals surface area contributed by atoms with E-state index in [1.54, 1.807) is 6.92 Å². The molecule has 1 saturated heterocycles. The Morgan fingerprint density at radius 2 is 2.14 bits per heavy atom. The van der Waals surface area contributed by atoms with E-state index in [2.05, 4.69) is 9.68 Å². The van der Waals surface area contributed by atoms with Gasteiger partial charge in [0, 0.05) is 6.07 Å². The molecule has 0 aliphatic carbocycles. The van der Waals surface area contributed by atoms with Gasteiger partial charge >= 0.3 is 17.8 Å².